The number of nitro groups is 1. The molecule has 0 aliphatic rings. The van der Waals surface area contributed by atoms with Crippen molar-refractivity contribution in [1.82, 2.24) is 4.90 Å². The second-order valence-corrected chi connectivity index (χ2v) is 3.94. The van der Waals surface area contributed by atoms with E-state index in [2.05, 4.69) is 11.8 Å². The maximum absolute atomic E-state index is 10.4. The average molecular weight is 208 g/mol. The number of likely N-dealkylation sites (N-methyl/N-ethyl adjacent to an activating group) is 1. The summed E-state index contributed by atoms with van der Waals surface area (Å²) in [6.45, 7) is 2.13. The first kappa shape index (κ1) is 11.7. The zero-order valence-electron chi connectivity index (χ0n) is 9.30. The van der Waals surface area contributed by atoms with E-state index >= 15 is 0 Å². The fourth-order valence-electron chi connectivity index (χ4n) is 1.28. The number of hydrogen-bond acceptors (Lipinski definition) is 3. The molecule has 0 radical (unpaired) electrons. The van der Waals surface area contributed by atoms with Crippen molar-refractivity contribution in [3.05, 3.63) is 39.9 Å². The van der Waals surface area contributed by atoms with E-state index < -0.39 is 0 Å². The molecule has 0 aliphatic carbocycles. The molecule has 1 rings (SSSR count). The number of hydrogen-bond donors (Lipinski definition) is 0. The maximum Gasteiger partial charge on any atom is 0.269 e. The Labute approximate surface area is 89.7 Å². The van der Waals surface area contributed by atoms with Crippen molar-refractivity contribution in [2.75, 3.05) is 14.1 Å². The zero-order chi connectivity index (χ0) is 11.4. The van der Waals surface area contributed by atoms with Gasteiger partial charge in [0, 0.05) is 18.2 Å². The molecular formula is C11H16N2O2. The molecule has 0 bridgehead atoms. The summed E-state index contributed by atoms with van der Waals surface area (Å²) < 4.78 is 0. The van der Waals surface area contributed by atoms with E-state index in [1.807, 2.05) is 26.2 Å². The molecule has 0 amide bonds. The Morgan fingerprint density at radius 2 is 1.87 bits per heavy atom. The van der Waals surface area contributed by atoms with Gasteiger partial charge in [-0.05, 0) is 33.0 Å². The molecule has 0 saturated heterocycles. The van der Waals surface area contributed by atoms with Crippen molar-refractivity contribution in [3.8, 4) is 0 Å². The van der Waals surface area contributed by atoms with Crippen LogP contribution in [0.3, 0.4) is 0 Å². The van der Waals surface area contributed by atoms with Crippen LogP contribution in [0.2, 0.25) is 0 Å². The van der Waals surface area contributed by atoms with E-state index in [9.17, 15) is 10.1 Å². The van der Waals surface area contributed by atoms with Gasteiger partial charge in [0.05, 0.1) is 4.92 Å². The van der Waals surface area contributed by atoms with Gasteiger partial charge in [-0.1, -0.05) is 12.1 Å². The third-order valence-corrected chi connectivity index (χ3v) is 2.56. The van der Waals surface area contributed by atoms with Gasteiger partial charge in [0.2, 0.25) is 0 Å². The third-order valence-electron chi connectivity index (χ3n) is 2.56. The van der Waals surface area contributed by atoms with E-state index in [-0.39, 0.29) is 10.6 Å². The van der Waals surface area contributed by atoms with Gasteiger partial charge in [0.1, 0.15) is 0 Å². The number of nitro benzene ring substituents is 1. The lowest BCUT2D eigenvalue weighted by atomic mass is 10.1. The SMILES string of the molecule is C[C@H](Cc1ccc([N+](=O)[O-])cc1)N(C)C. The van der Waals surface area contributed by atoms with Crippen LogP contribution < -0.4 is 0 Å². The smallest absolute Gasteiger partial charge is 0.269 e. The Bertz CT molecular complexity index is 333. The molecule has 4 nitrogen and oxygen atoms in total. The van der Waals surface area contributed by atoms with E-state index in [4.69, 9.17) is 0 Å². The Morgan fingerprint density at radius 3 is 2.27 bits per heavy atom. The molecule has 4 heteroatoms. The van der Waals surface area contributed by atoms with Gasteiger partial charge >= 0.3 is 0 Å². The lowest BCUT2D eigenvalue weighted by Crippen LogP contribution is -2.26. The molecule has 0 N–H and O–H groups in total. The van der Waals surface area contributed by atoms with Gasteiger partial charge in [0.15, 0.2) is 0 Å². The van der Waals surface area contributed by atoms with Gasteiger partial charge < -0.3 is 4.90 Å². The zero-order valence-corrected chi connectivity index (χ0v) is 9.30. The van der Waals surface area contributed by atoms with E-state index in [0.717, 1.165) is 12.0 Å². The van der Waals surface area contributed by atoms with Gasteiger partial charge in [-0.3, -0.25) is 10.1 Å². The van der Waals surface area contributed by atoms with Crippen molar-refractivity contribution < 1.29 is 4.92 Å². The molecule has 1 aromatic carbocycles. The van der Waals surface area contributed by atoms with E-state index in [1.54, 1.807) is 12.1 Å². The highest BCUT2D eigenvalue weighted by atomic mass is 16.6. The second kappa shape index (κ2) is 4.89. The Balaban J connectivity index is 2.68. The number of non-ortho nitro benzene ring substituents is 1. The van der Waals surface area contributed by atoms with Crippen molar-refractivity contribution >= 4 is 5.69 Å². The molecule has 0 aliphatic heterocycles. The summed E-state index contributed by atoms with van der Waals surface area (Å²) in [5.74, 6) is 0. The molecular weight excluding hydrogens is 192 g/mol. The summed E-state index contributed by atoms with van der Waals surface area (Å²) >= 11 is 0. The highest BCUT2D eigenvalue weighted by molar-refractivity contribution is 5.33. The predicted molar refractivity (Wildman–Crippen MR) is 59.9 cm³/mol. The number of rotatable bonds is 4. The van der Waals surface area contributed by atoms with Crippen LogP contribution in [0.5, 0.6) is 0 Å². The maximum atomic E-state index is 10.4. The van der Waals surface area contributed by atoms with Crippen LogP contribution in [0.1, 0.15) is 12.5 Å². The largest absolute Gasteiger partial charge is 0.306 e. The summed E-state index contributed by atoms with van der Waals surface area (Å²) in [4.78, 5) is 12.2. The topological polar surface area (TPSA) is 46.4 Å². The fraction of sp³-hybridized carbons (Fsp3) is 0.455. The normalized spacial score (nSPS) is 12.8. The molecule has 0 fully saturated rings. The highest BCUT2D eigenvalue weighted by Gasteiger charge is 2.08. The Morgan fingerprint density at radius 1 is 1.33 bits per heavy atom. The lowest BCUT2D eigenvalue weighted by Gasteiger charge is -2.19. The van der Waals surface area contributed by atoms with E-state index in [1.165, 1.54) is 0 Å². The third kappa shape index (κ3) is 3.32. The first-order valence-corrected chi connectivity index (χ1v) is 4.90. The minimum absolute atomic E-state index is 0.149. The van der Waals surface area contributed by atoms with Crippen LogP contribution in [0, 0.1) is 10.1 Å². The van der Waals surface area contributed by atoms with Crippen LogP contribution in [-0.4, -0.2) is 30.0 Å². The fourth-order valence-corrected chi connectivity index (χ4v) is 1.28. The predicted octanol–water partition coefficient (Wildman–Crippen LogP) is 2.09. The van der Waals surface area contributed by atoms with Gasteiger partial charge in [0.25, 0.3) is 5.69 Å². The van der Waals surface area contributed by atoms with Crippen LogP contribution in [0.15, 0.2) is 24.3 Å². The van der Waals surface area contributed by atoms with Gasteiger partial charge in [-0.25, -0.2) is 0 Å². The summed E-state index contributed by atoms with van der Waals surface area (Å²) in [6.07, 6.45) is 0.908. The first-order chi connectivity index (χ1) is 7.00. The molecule has 82 valence electrons. The standard InChI is InChI=1S/C11H16N2O2/c1-9(12(2)3)8-10-4-6-11(7-5-10)13(14)15/h4-7,9H,8H2,1-3H3/t9-/m1/s1. The molecule has 0 heterocycles. The van der Waals surface area contributed by atoms with Crippen LogP contribution in [-0.2, 0) is 6.42 Å². The van der Waals surface area contributed by atoms with Crippen LogP contribution in [0.25, 0.3) is 0 Å². The average Bonchev–Trinajstić information content (AvgIpc) is 2.18. The summed E-state index contributed by atoms with van der Waals surface area (Å²) in [5.41, 5.74) is 1.28. The number of nitrogens with zero attached hydrogens (tertiary/aromatic N) is 2. The summed E-state index contributed by atoms with van der Waals surface area (Å²) in [5, 5.41) is 10.4. The first-order valence-electron chi connectivity index (χ1n) is 4.90. The van der Waals surface area contributed by atoms with Crippen molar-refractivity contribution in [2.45, 2.75) is 19.4 Å². The monoisotopic (exact) mass is 208 g/mol. The Hall–Kier alpha value is -1.42. The molecule has 0 spiro atoms. The van der Waals surface area contributed by atoms with Crippen molar-refractivity contribution in [3.63, 3.8) is 0 Å². The summed E-state index contributed by atoms with van der Waals surface area (Å²) in [6, 6.07) is 7.18. The minimum atomic E-state index is -0.376. The quantitative estimate of drug-likeness (QED) is 0.562. The lowest BCUT2D eigenvalue weighted by molar-refractivity contribution is -0.384. The van der Waals surface area contributed by atoms with Crippen LogP contribution >= 0.6 is 0 Å². The summed E-state index contributed by atoms with van der Waals surface area (Å²) in [7, 11) is 4.05. The van der Waals surface area contributed by atoms with Crippen molar-refractivity contribution in [2.24, 2.45) is 0 Å². The molecule has 0 unspecified atom stereocenters. The number of benzene rings is 1. The molecule has 15 heavy (non-hydrogen) atoms. The Kier molecular flexibility index (Phi) is 3.80. The van der Waals surface area contributed by atoms with E-state index in [0.29, 0.717) is 6.04 Å². The highest BCUT2D eigenvalue weighted by Crippen LogP contribution is 2.13. The van der Waals surface area contributed by atoms with Crippen molar-refractivity contribution in [1.29, 1.82) is 0 Å². The van der Waals surface area contributed by atoms with Crippen LogP contribution in [0.4, 0.5) is 5.69 Å². The minimum Gasteiger partial charge on any atom is -0.306 e. The van der Waals surface area contributed by atoms with Gasteiger partial charge in [-0.2, -0.15) is 0 Å². The molecule has 0 aromatic heterocycles. The molecule has 1 aromatic rings. The molecule has 0 saturated carbocycles. The van der Waals surface area contributed by atoms with Gasteiger partial charge in [-0.15, -0.1) is 0 Å². The second-order valence-electron chi connectivity index (χ2n) is 3.94. The molecule has 1 atom stereocenters.